The van der Waals surface area contributed by atoms with Crippen LogP contribution >= 0.6 is 0 Å². The predicted octanol–water partition coefficient (Wildman–Crippen LogP) is 6.41. The van der Waals surface area contributed by atoms with Crippen molar-refractivity contribution >= 4 is 5.71 Å². The van der Waals surface area contributed by atoms with E-state index in [-0.39, 0.29) is 12.2 Å². The van der Waals surface area contributed by atoms with Crippen LogP contribution in [0.15, 0.2) is 126 Å². The highest BCUT2D eigenvalue weighted by Crippen LogP contribution is 2.24. The van der Waals surface area contributed by atoms with E-state index in [1.54, 1.807) is 0 Å². The smallest absolute Gasteiger partial charge is 0.127 e. The summed E-state index contributed by atoms with van der Waals surface area (Å²) in [6.07, 6.45) is -1.00. The summed E-state index contributed by atoms with van der Waals surface area (Å²) in [6, 6.07) is 40.7. The number of rotatable bonds is 13. The maximum Gasteiger partial charge on any atom is 0.127 e. The van der Waals surface area contributed by atoms with Crippen LogP contribution in [0, 0.1) is 0 Å². The van der Waals surface area contributed by atoms with Crippen molar-refractivity contribution in [1.29, 1.82) is 0 Å². The second-order valence-corrected chi connectivity index (χ2v) is 9.62. The Hall–Kier alpha value is -3.61. The van der Waals surface area contributed by atoms with Gasteiger partial charge in [-0.2, -0.15) is 0 Å². The first-order chi connectivity index (χ1) is 19.3. The highest BCUT2D eigenvalue weighted by molar-refractivity contribution is 5.91. The second kappa shape index (κ2) is 14.5. The van der Waals surface area contributed by atoms with E-state index in [1.807, 2.05) is 72.8 Å². The third kappa shape index (κ3) is 8.19. The molecule has 0 spiro atoms. The van der Waals surface area contributed by atoms with Gasteiger partial charge >= 0.3 is 0 Å². The molecule has 4 aromatic carbocycles. The van der Waals surface area contributed by atoms with Gasteiger partial charge in [-0.3, -0.25) is 4.99 Å². The van der Waals surface area contributed by atoms with Crippen LogP contribution in [-0.2, 0) is 45.4 Å². The summed E-state index contributed by atoms with van der Waals surface area (Å²) in [7, 11) is 0. The van der Waals surface area contributed by atoms with Crippen molar-refractivity contribution in [3.8, 4) is 0 Å². The standard InChI is InChI=1S/C34H35NO4/c1-5-13-27(14-6-1)22-36-26-31-33(38-24-29-17-9-3-10-18-29)34(39-25-30-19-11-4-12-20-30)32(21-35-31)37-23-28-15-7-2-8-16-28/h1-20,32-34H,21-26H2/t32-,33+,34+/m0/s1. The summed E-state index contributed by atoms with van der Waals surface area (Å²) in [5.74, 6) is 0. The summed E-state index contributed by atoms with van der Waals surface area (Å²) >= 11 is 0. The Labute approximate surface area is 231 Å². The van der Waals surface area contributed by atoms with Crippen LogP contribution in [0.5, 0.6) is 0 Å². The van der Waals surface area contributed by atoms with E-state index in [1.165, 1.54) is 0 Å². The topological polar surface area (TPSA) is 49.3 Å². The zero-order chi connectivity index (χ0) is 26.5. The Kier molecular flexibility index (Phi) is 10.0. The summed E-state index contributed by atoms with van der Waals surface area (Å²) in [6.45, 7) is 2.75. The molecular weight excluding hydrogens is 486 g/mol. The van der Waals surface area contributed by atoms with Gasteiger partial charge in [0.05, 0.1) is 45.3 Å². The van der Waals surface area contributed by atoms with Gasteiger partial charge in [0.25, 0.3) is 0 Å². The molecule has 0 saturated heterocycles. The van der Waals surface area contributed by atoms with Crippen LogP contribution in [-0.4, -0.2) is 37.2 Å². The van der Waals surface area contributed by atoms with Crippen molar-refractivity contribution in [2.45, 2.75) is 44.7 Å². The fourth-order valence-electron chi connectivity index (χ4n) is 4.60. The van der Waals surface area contributed by atoms with Gasteiger partial charge in [-0.1, -0.05) is 121 Å². The molecule has 0 amide bonds. The Morgan fingerprint density at radius 2 is 0.923 bits per heavy atom. The Balaban J connectivity index is 1.34. The number of benzene rings is 4. The first kappa shape index (κ1) is 27.0. The van der Waals surface area contributed by atoms with Crippen molar-refractivity contribution in [1.82, 2.24) is 0 Å². The van der Waals surface area contributed by atoms with E-state index in [0.29, 0.717) is 39.6 Å². The molecular formula is C34H35NO4. The Bertz CT molecular complexity index is 1270. The fraction of sp³-hybridized carbons (Fsp3) is 0.265. The molecule has 0 aromatic heterocycles. The van der Waals surface area contributed by atoms with Crippen LogP contribution in [0.3, 0.4) is 0 Å². The molecule has 200 valence electrons. The molecule has 5 heteroatoms. The predicted molar refractivity (Wildman–Crippen MR) is 153 cm³/mol. The molecule has 1 heterocycles. The number of hydrogen-bond acceptors (Lipinski definition) is 5. The molecule has 0 bridgehead atoms. The molecule has 5 nitrogen and oxygen atoms in total. The van der Waals surface area contributed by atoms with E-state index in [9.17, 15) is 0 Å². The molecule has 0 fully saturated rings. The molecule has 0 aliphatic carbocycles. The highest BCUT2D eigenvalue weighted by atomic mass is 16.6. The molecule has 1 aliphatic heterocycles. The second-order valence-electron chi connectivity index (χ2n) is 9.62. The third-order valence-electron chi connectivity index (χ3n) is 6.69. The normalized spacial score (nSPS) is 19.0. The van der Waals surface area contributed by atoms with Crippen LogP contribution < -0.4 is 0 Å². The minimum absolute atomic E-state index is 0.257. The molecule has 0 radical (unpaired) electrons. The van der Waals surface area contributed by atoms with Gasteiger partial charge in [0.1, 0.15) is 18.3 Å². The van der Waals surface area contributed by atoms with E-state index >= 15 is 0 Å². The van der Waals surface area contributed by atoms with E-state index in [4.69, 9.17) is 23.9 Å². The molecule has 4 aromatic rings. The van der Waals surface area contributed by atoms with Crippen molar-refractivity contribution in [2.24, 2.45) is 4.99 Å². The van der Waals surface area contributed by atoms with Crippen molar-refractivity contribution in [3.05, 3.63) is 144 Å². The molecule has 0 N–H and O–H groups in total. The van der Waals surface area contributed by atoms with Crippen LogP contribution in [0.4, 0.5) is 0 Å². The number of aliphatic imine (C=N–C) groups is 1. The van der Waals surface area contributed by atoms with Gasteiger partial charge in [0.15, 0.2) is 0 Å². The summed E-state index contributed by atoms with van der Waals surface area (Å²) in [4.78, 5) is 4.91. The van der Waals surface area contributed by atoms with Gasteiger partial charge in [0.2, 0.25) is 0 Å². The molecule has 39 heavy (non-hydrogen) atoms. The van der Waals surface area contributed by atoms with Crippen molar-refractivity contribution < 1.29 is 18.9 Å². The first-order valence-corrected chi connectivity index (χ1v) is 13.5. The van der Waals surface area contributed by atoms with E-state index in [2.05, 4.69) is 48.5 Å². The lowest BCUT2D eigenvalue weighted by atomic mass is 9.99. The number of hydrogen-bond donors (Lipinski definition) is 0. The fourth-order valence-corrected chi connectivity index (χ4v) is 4.60. The maximum absolute atomic E-state index is 6.58. The zero-order valence-electron chi connectivity index (χ0n) is 22.1. The monoisotopic (exact) mass is 521 g/mol. The maximum atomic E-state index is 6.58. The number of ether oxygens (including phenoxy) is 4. The number of nitrogens with zero attached hydrogens (tertiary/aromatic N) is 1. The lowest BCUT2D eigenvalue weighted by Crippen LogP contribution is -2.52. The van der Waals surface area contributed by atoms with Gasteiger partial charge in [0, 0.05) is 0 Å². The third-order valence-corrected chi connectivity index (χ3v) is 6.69. The first-order valence-electron chi connectivity index (χ1n) is 13.5. The minimum atomic E-state index is -0.404. The Morgan fingerprint density at radius 1 is 0.487 bits per heavy atom. The van der Waals surface area contributed by atoms with Gasteiger partial charge in [-0.05, 0) is 22.3 Å². The Morgan fingerprint density at radius 3 is 1.44 bits per heavy atom. The lowest BCUT2D eigenvalue weighted by Gasteiger charge is -2.37. The van der Waals surface area contributed by atoms with Crippen LogP contribution in [0.25, 0.3) is 0 Å². The van der Waals surface area contributed by atoms with Crippen molar-refractivity contribution in [2.75, 3.05) is 13.2 Å². The van der Waals surface area contributed by atoms with Gasteiger partial charge in [-0.25, -0.2) is 0 Å². The summed E-state index contributed by atoms with van der Waals surface area (Å²) in [5.41, 5.74) is 5.28. The summed E-state index contributed by atoms with van der Waals surface area (Å²) < 4.78 is 25.7. The largest absolute Gasteiger partial charge is 0.371 e. The lowest BCUT2D eigenvalue weighted by molar-refractivity contribution is -0.135. The van der Waals surface area contributed by atoms with E-state index in [0.717, 1.165) is 28.0 Å². The highest BCUT2D eigenvalue weighted by Gasteiger charge is 2.39. The van der Waals surface area contributed by atoms with Crippen molar-refractivity contribution in [3.63, 3.8) is 0 Å². The minimum Gasteiger partial charge on any atom is -0.371 e. The molecule has 0 saturated carbocycles. The molecule has 0 unspecified atom stereocenters. The van der Waals surface area contributed by atoms with E-state index < -0.39 is 6.10 Å². The van der Waals surface area contributed by atoms with Gasteiger partial charge < -0.3 is 18.9 Å². The SMILES string of the molecule is c1ccc(COCC2=NC[C@H](OCc3ccccc3)[C@@H](OCc3ccccc3)[C@@H]2OCc2ccccc2)cc1. The average molecular weight is 522 g/mol. The zero-order valence-corrected chi connectivity index (χ0v) is 22.1. The molecule has 3 atom stereocenters. The quantitative estimate of drug-likeness (QED) is 0.204. The molecule has 1 aliphatic rings. The van der Waals surface area contributed by atoms with Crippen LogP contribution in [0.1, 0.15) is 22.3 Å². The summed E-state index contributed by atoms with van der Waals surface area (Å²) in [5, 5.41) is 0. The van der Waals surface area contributed by atoms with Gasteiger partial charge in [-0.15, -0.1) is 0 Å². The average Bonchev–Trinajstić information content (AvgIpc) is 3.00. The van der Waals surface area contributed by atoms with Crippen LogP contribution in [0.2, 0.25) is 0 Å². The molecule has 5 rings (SSSR count).